The minimum Gasteiger partial charge on any atom is -0.321 e. The average Bonchev–Trinajstić information content (AvgIpc) is 2.23. The molecule has 0 aliphatic heterocycles. The van der Waals surface area contributed by atoms with Crippen molar-refractivity contribution in [3.63, 3.8) is 0 Å². The largest absolute Gasteiger partial charge is 0.321 e. The predicted octanol–water partition coefficient (Wildman–Crippen LogP) is 3.20. The molecule has 1 aliphatic carbocycles. The molecule has 0 aromatic heterocycles. The molecule has 0 radical (unpaired) electrons. The molecule has 0 bridgehead atoms. The maximum atomic E-state index is 10.8. The van der Waals surface area contributed by atoms with Crippen LogP contribution in [0.1, 0.15) is 39.2 Å². The Morgan fingerprint density at radius 1 is 1.39 bits per heavy atom. The number of non-ortho nitro benzene ring substituents is 1. The van der Waals surface area contributed by atoms with Gasteiger partial charge in [-0.05, 0) is 29.7 Å². The van der Waals surface area contributed by atoms with Crippen molar-refractivity contribution in [2.24, 2.45) is 17.1 Å². The zero-order valence-electron chi connectivity index (χ0n) is 11.1. The van der Waals surface area contributed by atoms with Crippen LogP contribution in [0.15, 0.2) is 24.3 Å². The van der Waals surface area contributed by atoms with Crippen LogP contribution >= 0.6 is 0 Å². The molecule has 1 aliphatic rings. The van der Waals surface area contributed by atoms with Gasteiger partial charge in [0.25, 0.3) is 5.69 Å². The van der Waals surface area contributed by atoms with Gasteiger partial charge in [-0.1, -0.05) is 32.9 Å². The highest BCUT2D eigenvalue weighted by Gasteiger charge is 2.47. The normalized spacial score (nSPS) is 27.7. The van der Waals surface area contributed by atoms with Crippen molar-refractivity contribution < 1.29 is 4.92 Å². The SMILES string of the molecule is CC(C)(C)C1CC(N)(c2cccc([N+](=O)[O-])c2)C1. The molecular weight excluding hydrogens is 228 g/mol. The molecule has 0 atom stereocenters. The first-order chi connectivity index (χ1) is 8.22. The molecule has 0 spiro atoms. The van der Waals surface area contributed by atoms with E-state index >= 15 is 0 Å². The second-order valence-corrected chi connectivity index (χ2v) is 6.43. The minimum atomic E-state index is -0.385. The second-order valence-electron chi connectivity index (χ2n) is 6.43. The molecule has 4 nitrogen and oxygen atoms in total. The summed E-state index contributed by atoms with van der Waals surface area (Å²) in [4.78, 5) is 10.4. The summed E-state index contributed by atoms with van der Waals surface area (Å²) >= 11 is 0. The Morgan fingerprint density at radius 3 is 2.50 bits per heavy atom. The van der Waals surface area contributed by atoms with Crippen LogP contribution < -0.4 is 5.73 Å². The highest BCUT2D eigenvalue weighted by Crippen LogP contribution is 2.51. The summed E-state index contributed by atoms with van der Waals surface area (Å²) in [6.07, 6.45) is 1.80. The number of nitrogens with zero attached hydrogens (tertiary/aromatic N) is 1. The fourth-order valence-electron chi connectivity index (χ4n) is 2.60. The molecular formula is C14H20N2O2. The Labute approximate surface area is 107 Å². The van der Waals surface area contributed by atoms with Gasteiger partial charge in [0.05, 0.1) is 4.92 Å². The van der Waals surface area contributed by atoms with E-state index in [0.29, 0.717) is 5.92 Å². The highest BCUT2D eigenvalue weighted by atomic mass is 16.6. The van der Waals surface area contributed by atoms with E-state index in [4.69, 9.17) is 5.73 Å². The molecule has 2 rings (SSSR count). The van der Waals surface area contributed by atoms with Crippen molar-refractivity contribution in [3.8, 4) is 0 Å². The number of rotatable bonds is 2. The van der Waals surface area contributed by atoms with E-state index in [0.717, 1.165) is 18.4 Å². The molecule has 0 unspecified atom stereocenters. The molecule has 18 heavy (non-hydrogen) atoms. The third kappa shape index (κ3) is 2.25. The molecule has 1 aromatic rings. The molecule has 0 amide bonds. The van der Waals surface area contributed by atoms with Crippen LogP contribution in [-0.4, -0.2) is 4.92 Å². The van der Waals surface area contributed by atoms with Gasteiger partial charge in [0.15, 0.2) is 0 Å². The first kappa shape index (κ1) is 13.0. The number of nitro groups is 1. The zero-order valence-corrected chi connectivity index (χ0v) is 11.1. The highest BCUT2D eigenvalue weighted by molar-refractivity contribution is 5.39. The summed E-state index contributed by atoms with van der Waals surface area (Å²) in [5.41, 5.74) is 7.23. The lowest BCUT2D eigenvalue weighted by Crippen LogP contribution is -2.52. The van der Waals surface area contributed by atoms with Crippen LogP contribution in [-0.2, 0) is 5.54 Å². The molecule has 2 N–H and O–H groups in total. The molecule has 98 valence electrons. The van der Waals surface area contributed by atoms with Crippen LogP contribution in [0.2, 0.25) is 0 Å². The van der Waals surface area contributed by atoms with Crippen molar-refractivity contribution in [1.29, 1.82) is 0 Å². The summed E-state index contributed by atoms with van der Waals surface area (Å²) in [6.45, 7) is 6.64. The van der Waals surface area contributed by atoms with E-state index in [2.05, 4.69) is 20.8 Å². The van der Waals surface area contributed by atoms with Crippen molar-refractivity contribution in [3.05, 3.63) is 39.9 Å². The second kappa shape index (κ2) is 4.05. The van der Waals surface area contributed by atoms with Gasteiger partial charge in [-0.2, -0.15) is 0 Å². The zero-order chi connectivity index (χ0) is 13.6. The first-order valence-electron chi connectivity index (χ1n) is 6.26. The number of nitrogens with two attached hydrogens (primary N) is 1. The van der Waals surface area contributed by atoms with Crippen molar-refractivity contribution in [1.82, 2.24) is 0 Å². The Bertz CT molecular complexity index is 471. The number of hydrogen-bond donors (Lipinski definition) is 1. The number of nitro benzene ring substituents is 1. The molecule has 1 aromatic carbocycles. The van der Waals surface area contributed by atoms with Crippen molar-refractivity contribution in [2.45, 2.75) is 39.2 Å². The third-order valence-corrected chi connectivity index (χ3v) is 4.08. The van der Waals surface area contributed by atoms with Crippen LogP contribution in [0.5, 0.6) is 0 Å². The van der Waals surface area contributed by atoms with Crippen LogP contribution in [0.4, 0.5) is 5.69 Å². The lowest BCUT2D eigenvalue weighted by molar-refractivity contribution is -0.385. The number of benzene rings is 1. The fourth-order valence-corrected chi connectivity index (χ4v) is 2.60. The van der Waals surface area contributed by atoms with Gasteiger partial charge in [0, 0.05) is 17.7 Å². The maximum absolute atomic E-state index is 10.8. The molecule has 4 heteroatoms. The Hall–Kier alpha value is -1.42. The third-order valence-electron chi connectivity index (χ3n) is 4.08. The number of hydrogen-bond acceptors (Lipinski definition) is 3. The van der Waals surface area contributed by atoms with E-state index in [1.807, 2.05) is 6.07 Å². The Balaban J connectivity index is 2.19. The topological polar surface area (TPSA) is 69.2 Å². The van der Waals surface area contributed by atoms with Gasteiger partial charge in [0.2, 0.25) is 0 Å². The lowest BCUT2D eigenvalue weighted by atomic mass is 9.57. The van der Waals surface area contributed by atoms with Gasteiger partial charge in [-0.3, -0.25) is 10.1 Å². The summed E-state index contributed by atoms with van der Waals surface area (Å²) < 4.78 is 0. The molecule has 1 saturated carbocycles. The molecule has 0 heterocycles. The molecule has 1 fully saturated rings. The van der Waals surface area contributed by atoms with E-state index in [1.165, 1.54) is 6.07 Å². The van der Waals surface area contributed by atoms with E-state index in [9.17, 15) is 10.1 Å². The Morgan fingerprint density at radius 2 is 2.00 bits per heavy atom. The maximum Gasteiger partial charge on any atom is 0.269 e. The van der Waals surface area contributed by atoms with Crippen LogP contribution in [0.25, 0.3) is 0 Å². The van der Waals surface area contributed by atoms with Crippen molar-refractivity contribution >= 4 is 5.69 Å². The monoisotopic (exact) mass is 248 g/mol. The predicted molar refractivity (Wildman–Crippen MR) is 71.1 cm³/mol. The van der Waals surface area contributed by atoms with Crippen LogP contribution in [0, 0.1) is 21.4 Å². The van der Waals surface area contributed by atoms with Gasteiger partial charge < -0.3 is 5.73 Å². The van der Waals surface area contributed by atoms with E-state index in [1.54, 1.807) is 12.1 Å². The first-order valence-corrected chi connectivity index (χ1v) is 6.26. The lowest BCUT2D eigenvalue weighted by Gasteiger charge is -2.51. The van der Waals surface area contributed by atoms with Crippen LogP contribution in [0.3, 0.4) is 0 Å². The minimum absolute atomic E-state index is 0.122. The van der Waals surface area contributed by atoms with Gasteiger partial charge in [0.1, 0.15) is 0 Å². The van der Waals surface area contributed by atoms with E-state index in [-0.39, 0.29) is 21.6 Å². The summed E-state index contributed by atoms with van der Waals surface area (Å²) in [5, 5.41) is 10.8. The standard InChI is InChI=1S/C14H20N2O2/c1-13(2,3)11-8-14(15,9-11)10-5-4-6-12(7-10)16(17)18/h4-7,11H,8-9,15H2,1-3H3. The van der Waals surface area contributed by atoms with Gasteiger partial charge >= 0.3 is 0 Å². The van der Waals surface area contributed by atoms with Gasteiger partial charge in [-0.15, -0.1) is 0 Å². The van der Waals surface area contributed by atoms with Crippen molar-refractivity contribution in [2.75, 3.05) is 0 Å². The Kier molecular flexibility index (Phi) is 2.93. The quantitative estimate of drug-likeness (QED) is 0.645. The fraction of sp³-hybridized carbons (Fsp3) is 0.571. The molecule has 0 saturated heterocycles. The van der Waals surface area contributed by atoms with Gasteiger partial charge in [-0.25, -0.2) is 0 Å². The summed E-state index contributed by atoms with van der Waals surface area (Å²) in [7, 11) is 0. The smallest absolute Gasteiger partial charge is 0.269 e. The summed E-state index contributed by atoms with van der Waals surface area (Å²) in [6, 6.07) is 6.73. The van der Waals surface area contributed by atoms with E-state index < -0.39 is 0 Å². The summed E-state index contributed by atoms with van der Waals surface area (Å²) in [5.74, 6) is 0.585. The average molecular weight is 248 g/mol.